The zero-order valence-electron chi connectivity index (χ0n) is 12.4. The molecule has 0 aliphatic heterocycles. The molecule has 2 heterocycles. The molecule has 0 unspecified atom stereocenters. The summed E-state index contributed by atoms with van der Waals surface area (Å²) in [7, 11) is 0. The van der Waals surface area contributed by atoms with E-state index in [0.29, 0.717) is 11.0 Å². The third-order valence-electron chi connectivity index (χ3n) is 3.48. The van der Waals surface area contributed by atoms with Crippen LogP contribution in [0.4, 0.5) is 0 Å². The number of fused-ring (bicyclic) bond motifs is 1. The second-order valence-electron chi connectivity index (χ2n) is 5.48. The van der Waals surface area contributed by atoms with Crippen molar-refractivity contribution in [1.29, 1.82) is 0 Å². The predicted octanol–water partition coefficient (Wildman–Crippen LogP) is 3.21. The maximum absolute atomic E-state index is 12.8. The molecule has 0 spiro atoms. The number of rotatable bonds is 2. The number of nitrogens with zero attached hydrogens (tertiary/aromatic N) is 3. The summed E-state index contributed by atoms with van der Waals surface area (Å²) >= 11 is 0. The summed E-state index contributed by atoms with van der Waals surface area (Å²) in [5.74, 6) is 0.862. The fourth-order valence-electron chi connectivity index (χ4n) is 2.37. The molecule has 3 rings (SSSR count). The molecule has 106 valence electrons. The normalized spacial score (nSPS) is 11.2. The molecular weight excluding hydrogens is 262 g/mol. The first kappa shape index (κ1) is 13.5. The number of aryl methyl sites for hydroxylation is 1. The highest BCUT2D eigenvalue weighted by atomic mass is 16.1. The number of hydrogen-bond donors (Lipinski definition) is 0. The van der Waals surface area contributed by atoms with E-state index >= 15 is 0 Å². The summed E-state index contributed by atoms with van der Waals surface area (Å²) in [4.78, 5) is 21.6. The van der Waals surface area contributed by atoms with E-state index in [1.165, 1.54) is 0 Å². The highest BCUT2D eigenvalue weighted by Gasteiger charge is 2.15. The highest BCUT2D eigenvalue weighted by molar-refractivity contribution is 5.73. The van der Waals surface area contributed by atoms with Gasteiger partial charge in [0.15, 0.2) is 5.65 Å². The van der Waals surface area contributed by atoms with Crippen LogP contribution in [0.5, 0.6) is 0 Å². The van der Waals surface area contributed by atoms with Crippen molar-refractivity contribution in [3.8, 4) is 5.69 Å². The minimum atomic E-state index is -0.0688. The first-order valence-electron chi connectivity index (χ1n) is 7.02. The Bertz CT molecular complexity index is 848. The molecular formula is C17H17N3O. The van der Waals surface area contributed by atoms with Gasteiger partial charge < -0.3 is 0 Å². The predicted molar refractivity (Wildman–Crippen MR) is 84.0 cm³/mol. The van der Waals surface area contributed by atoms with E-state index in [0.717, 1.165) is 17.1 Å². The SMILES string of the molecule is Cc1ccc(-n2c(C(C)C)nc3ncccc3c2=O)cc1. The molecule has 0 radical (unpaired) electrons. The van der Waals surface area contributed by atoms with Crippen LogP contribution in [0.2, 0.25) is 0 Å². The van der Waals surface area contributed by atoms with Crippen molar-refractivity contribution >= 4 is 11.0 Å². The highest BCUT2D eigenvalue weighted by Crippen LogP contribution is 2.18. The topological polar surface area (TPSA) is 47.8 Å². The van der Waals surface area contributed by atoms with Gasteiger partial charge in [0, 0.05) is 12.1 Å². The molecule has 4 heteroatoms. The van der Waals surface area contributed by atoms with Gasteiger partial charge in [-0.3, -0.25) is 9.36 Å². The van der Waals surface area contributed by atoms with E-state index < -0.39 is 0 Å². The molecule has 0 atom stereocenters. The van der Waals surface area contributed by atoms with Crippen molar-refractivity contribution < 1.29 is 0 Å². The van der Waals surface area contributed by atoms with Gasteiger partial charge in [-0.25, -0.2) is 9.97 Å². The lowest BCUT2D eigenvalue weighted by atomic mass is 10.1. The summed E-state index contributed by atoms with van der Waals surface area (Å²) in [5, 5.41) is 0.544. The summed E-state index contributed by atoms with van der Waals surface area (Å²) in [6.45, 7) is 6.08. The zero-order valence-corrected chi connectivity index (χ0v) is 12.4. The molecule has 0 saturated carbocycles. The Kier molecular flexibility index (Phi) is 3.29. The lowest BCUT2D eigenvalue weighted by Gasteiger charge is -2.15. The van der Waals surface area contributed by atoms with Gasteiger partial charge >= 0.3 is 0 Å². The molecule has 0 aliphatic carbocycles. The van der Waals surface area contributed by atoms with Crippen LogP contribution in [0.1, 0.15) is 31.2 Å². The lowest BCUT2D eigenvalue weighted by Crippen LogP contribution is -2.25. The quantitative estimate of drug-likeness (QED) is 0.723. The second-order valence-corrected chi connectivity index (χ2v) is 5.48. The Morgan fingerprint density at radius 2 is 1.81 bits per heavy atom. The fraction of sp³-hybridized carbons (Fsp3) is 0.235. The third kappa shape index (κ3) is 2.33. The summed E-state index contributed by atoms with van der Waals surface area (Å²) < 4.78 is 1.69. The van der Waals surface area contributed by atoms with Crippen molar-refractivity contribution in [2.24, 2.45) is 0 Å². The van der Waals surface area contributed by atoms with Crippen molar-refractivity contribution in [1.82, 2.24) is 14.5 Å². The minimum Gasteiger partial charge on any atom is -0.268 e. The smallest absolute Gasteiger partial charge is 0.267 e. The van der Waals surface area contributed by atoms with E-state index in [1.54, 1.807) is 22.9 Å². The van der Waals surface area contributed by atoms with Crippen LogP contribution in [0.3, 0.4) is 0 Å². The van der Waals surface area contributed by atoms with E-state index in [2.05, 4.69) is 9.97 Å². The average molecular weight is 279 g/mol. The number of aromatic nitrogens is 3. The molecule has 21 heavy (non-hydrogen) atoms. The van der Waals surface area contributed by atoms with Gasteiger partial charge in [-0.05, 0) is 31.2 Å². The molecule has 0 aliphatic rings. The maximum atomic E-state index is 12.8. The third-order valence-corrected chi connectivity index (χ3v) is 3.48. The van der Waals surface area contributed by atoms with E-state index in [9.17, 15) is 4.79 Å². The molecule has 4 nitrogen and oxygen atoms in total. The van der Waals surface area contributed by atoms with Crippen molar-refractivity contribution in [2.45, 2.75) is 26.7 Å². The number of benzene rings is 1. The Hall–Kier alpha value is -2.49. The maximum Gasteiger partial charge on any atom is 0.267 e. The summed E-state index contributed by atoms with van der Waals surface area (Å²) in [6, 6.07) is 11.4. The molecule has 1 aromatic carbocycles. The fourth-order valence-corrected chi connectivity index (χ4v) is 2.37. The molecule has 3 aromatic rings. The zero-order chi connectivity index (χ0) is 15.0. The lowest BCUT2D eigenvalue weighted by molar-refractivity contribution is 0.721. The molecule has 0 bridgehead atoms. The van der Waals surface area contributed by atoms with Gasteiger partial charge in [-0.15, -0.1) is 0 Å². The Morgan fingerprint density at radius 3 is 2.48 bits per heavy atom. The number of pyridine rings is 1. The van der Waals surface area contributed by atoms with E-state index in [-0.39, 0.29) is 11.5 Å². The van der Waals surface area contributed by atoms with Crippen molar-refractivity contribution in [3.63, 3.8) is 0 Å². The largest absolute Gasteiger partial charge is 0.268 e. The van der Waals surface area contributed by atoms with Crippen molar-refractivity contribution in [2.75, 3.05) is 0 Å². The van der Waals surface area contributed by atoms with Crippen LogP contribution < -0.4 is 5.56 Å². The first-order chi connectivity index (χ1) is 10.1. The first-order valence-corrected chi connectivity index (χ1v) is 7.02. The minimum absolute atomic E-state index is 0.0688. The van der Waals surface area contributed by atoms with Crippen LogP contribution in [0.25, 0.3) is 16.7 Å². The van der Waals surface area contributed by atoms with E-state index in [4.69, 9.17) is 0 Å². The van der Waals surface area contributed by atoms with Gasteiger partial charge in [0.1, 0.15) is 5.82 Å². The molecule has 0 amide bonds. The van der Waals surface area contributed by atoms with Gasteiger partial charge in [-0.1, -0.05) is 31.5 Å². The summed E-state index contributed by atoms with van der Waals surface area (Å²) in [5.41, 5.74) is 2.44. The standard InChI is InChI=1S/C17H17N3O/c1-11(2)16-19-15-14(5-4-10-18-15)17(21)20(16)13-8-6-12(3)7-9-13/h4-11H,1-3H3. The van der Waals surface area contributed by atoms with Gasteiger partial charge in [0.2, 0.25) is 0 Å². The van der Waals surface area contributed by atoms with Crippen LogP contribution in [0, 0.1) is 6.92 Å². The molecule has 0 N–H and O–H groups in total. The van der Waals surface area contributed by atoms with Gasteiger partial charge in [0.25, 0.3) is 5.56 Å². The Balaban J connectivity index is 2.39. The van der Waals surface area contributed by atoms with Crippen molar-refractivity contribution in [3.05, 3.63) is 64.3 Å². The molecule has 0 fully saturated rings. The molecule has 2 aromatic heterocycles. The Labute approximate surface area is 123 Å². The van der Waals surface area contributed by atoms with E-state index in [1.807, 2.05) is 45.0 Å². The molecule has 0 saturated heterocycles. The summed E-state index contributed by atoms with van der Waals surface area (Å²) in [6.07, 6.45) is 1.66. The second kappa shape index (κ2) is 5.13. The number of hydrogen-bond acceptors (Lipinski definition) is 3. The van der Waals surface area contributed by atoms with Crippen LogP contribution in [-0.4, -0.2) is 14.5 Å². The van der Waals surface area contributed by atoms with Crippen LogP contribution in [0.15, 0.2) is 47.4 Å². The average Bonchev–Trinajstić information content (AvgIpc) is 2.48. The monoisotopic (exact) mass is 279 g/mol. The Morgan fingerprint density at radius 1 is 1.10 bits per heavy atom. The van der Waals surface area contributed by atoms with Gasteiger partial charge in [0.05, 0.1) is 11.1 Å². The van der Waals surface area contributed by atoms with Crippen LogP contribution in [-0.2, 0) is 0 Å². The van der Waals surface area contributed by atoms with Crippen LogP contribution >= 0.6 is 0 Å². The van der Waals surface area contributed by atoms with Gasteiger partial charge in [-0.2, -0.15) is 0 Å².